The van der Waals surface area contributed by atoms with Gasteiger partial charge in [-0.25, -0.2) is 15.0 Å². The first-order valence-electron chi connectivity index (χ1n) is 14.7. The van der Waals surface area contributed by atoms with Gasteiger partial charge >= 0.3 is 0 Å². The van der Waals surface area contributed by atoms with Crippen molar-refractivity contribution in [1.29, 1.82) is 0 Å². The van der Waals surface area contributed by atoms with Crippen molar-refractivity contribution >= 4 is 50.4 Å². The molecule has 12 heteroatoms. The second kappa shape index (κ2) is 15.1. The number of thiazole rings is 1. The minimum atomic E-state index is -0.373. The molecule has 230 valence electrons. The van der Waals surface area contributed by atoms with Gasteiger partial charge in [0.1, 0.15) is 12.4 Å². The van der Waals surface area contributed by atoms with E-state index in [0.717, 1.165) is 55.6 Å². The molecule has 1 atom stereocenters. The summed E-state index contributed by atoms with van der Waals surface area (Å²) >= 11 is 8.09. The van der Waals surface area contributed by atoms with Crippen molar-refractivity contribution in [3.63, 3.8) is 0 Å². The SMILES string of the molecule is O=C(CS1=CCc2c1n(Cc1ccccc1)cnc2=Nc1ccc(OCc2cscn2)c(Cl)c1)NCCCN1CCOCC1. The Hall–Kier alpha value is -3.35. The van der Waals surface area contributed by atoms with E-state index in [2.05, 4.69) is 37.3 Å². The van der Waals surface area contributed by atoms with Gasteiger partial charge in [-0.1, -0.05) is 47.3 Å². The van der Waals surface area contributed by atoms with E-state index in [1.54, 1.807) is 11.6 Å². The lowest BCUT2D eigenvalue weighted by molar-refractivity contribution is -0.118. The van der Waals surface area contributed by atoms with E-state index in [4.69, 9.17) is 31.1 Å². The van der Waals surface area contributed by atoms with E-state index in [0.29, 0.717) is 53.8 Å². The van der Waals surface area contributed by atoms with E-state index in [9.17, 15) is 4.79 Å². The van der Waals surface area contributed by atoms with Crippen molar-refractivity contribution in [3.8, 4) is 5.75 Å². The molecule has 2 aromatic carbocycles. The minimum Gasteiger partial charge on any atom is -0.486 e. The van der Waals surface area contributed by atoms with Crippen LogP contribution in [0, 0.1) is 0 Å². The summed E-state index contributed by atoms with van der Waals surface area (Å²) in [5.74, 6) is 1.07. The third-order valence-corrected chi connectivity index (χ3v) is 10.5. The van der Waals surface area contributed by atoms with Crippen LogP contribution in [0.5, 0.6) is 5.75 Å². The summed E-state index contributed by atoms with van der Waals surface area (Å²) in [7, 11) is -0.373. The summed E-state index contributed by atoms with van der Waals surface area (Å²) in [6.07, 6.45) is 3.47. The molecular formula is C32H35ClN6O3S2. The maximum atomic E-state index is 13.1. The van der Waals surface area contributed by atoms with E-state index < -0.39 is 0 Å². The number of halogens is 1. The van der Waals surface area contributed by atoms with Crippen LogP contribution in [0.4, 0.5) is 5.69 Å². The zero-order valence-corrected chi connectivity index (χ0v) is 26.8. The fourth-order valence-corrected chi connectivity index (χ4v) is 8.04. The van der Waals surface area contributed by atoms with Crippen LogP contribution >= 0.6 is 33.4 Å². The second-order valence-corrected chi connectivity index (χ2v) is 13.6. The summed E-state index contributed by atoms with van der Waals surface area (Å²) in [6.45, 7) is 6.17. The van der Waals surface area contributed by atoms with Crippen molar-refractivity contribution in [2.75, 3.05) is 45.1 Å². The largest absolute Gasteiger partial charge is 0.486 e. The Morgan fingerprint density at radius 1 is 1.16 bits per heavy atom. The maximum absolute atomic E-state index is 13.1. The van der Waals surface area contributed by atoms with Gasteiger partial charge in [0.15, 0.2) is 5.49 Å². The van der Waals surface area contributed by atoms with Gasteiger partial charge in [-0.05, 0) is 36.7 Å². The van der Waals surface area contributed by atoms with Gasteiger partial charge in [0.05, 0.1) is 52.2 Å². The Kier molecular flexibility index (Phi) is 10.5. The summed E-state index contributed by atoms with van der Waals surface area (Å²) in [4.78, 5) is 29.4. The number of fused-ring (bicyclic) bond motifs is 1. The van der Waals surface area contributed by atoms with Crippen LogP contribution in [-0.4, -0.2) is 75.9 Å². The Morgan fingerprint density at radius 3 is 2.82 bits per heavy atom. The number of ether oxygens (including phenoxy) is 2. The lowest BCUT2D eigenvalue weighted by Gasteiger charge is -2.26. The van der Waals surface area contributed by atoms with Crippen molar-refractivity contribution < 1.29 is 14.3 Å². The summed E-state index contributed by atoms with van der Waals surface area (Å²) in [5, 5.41) is 8.92. The molecule has 4 heterocycles. The van der Waals surface area contributed by atoms with Gasteiger partial charge in [-0.2, -0.15) is 0 Å². The third-order valence-electron chi connectivity index (χ3n) is 7.41. The average Bonchev–Trinajstić information content (AvgIpc) is 3.72. The van der Waals surface area contributed by atoms with Crippen LogP contribution in [0.25, 0.3) is 0 Å². The van der Waals surface area contributed by atoms with Crippen LogP contribution in [0.2, 0.25) is 5.02 Å². The fraction of sp³-hybridized carbons (Fsp3) is 0.344. The molecule has 9 nitrogen and oxygen atoms in total. The molecule has 0 saturated carbocycles. The van der Waals surface area contributed by atoms with Crippen LogP contribution in [-0.2, 0) is 29.1 Å². The molecule has 1 unspecified atom stereocenters. The lowest BCUT2D eigenvalue weighted by Crippen LogP contribution is -2.38. The Labute approximate surface area is 268 Å². The molecule has 2 aliphatic rings. The number of nitrogens with one attached hydrogen (secondary N) is 1. The minimum absolute atomic E-state index is 0.0704. The molecule has 44 heavy (non-hydrogen) atoms. The van der Waals surface area contributed by atoms with E-state index in [1.807, 2.05) is 42.0 Å². The maximum Gasteiger partial charge on any atom is 0.229 e. The molecule has 1 fully saturated rings. The van der Waals surface area contributed by atoms with E-state index >= 15 is 0 Å². The Morgan fingerprint density at radius 2 is 2.02 bits per heavy atom. The first-order valence-corrected chi connectivity index (χ1v) is 17.5. The normalized spacial score (nSPS) is 16.8. The molecule has 4 aromatic rings. The smallest absolute Gasteiger partial charge is 0.229 e. The highest BCUT2D eigenvalue weighted by atomic mass is 35.5. The number of hydrogen-bond donors (Lipinski definition) is 1. The molecule has 0 radical (unpaired) electrons. The molecule has 0 aliphatic carbocycles. The molecule has 6 rings (SSSR count). The summed E-state index contributed by atoms with van der Waals surface area (Å²) in [6, 6.07) is 15.8. The number of aromatic nitrogens is 3. The molecule has 1 N–H and O–H groups in total. The third kappa shape index (κ3) is 8.02. The zero-order valence-electron chi connectivity index (χ0n) is 24.4. The highest BCUT2D eigenvalue weighted by Crippen LogP contribution is 2.34. The number of carbonyl (C=O) groups is 1. The van der Waals surface area contributed by atoms with Crippen LogP contribution in [0.15, 0.2) is 75.8 Å². The number of hydrogen-bond acceptors (Lipinski definition) is 8. The number of benzene rings is 2. The number of morpholine rings is 1. The second-order valence-electron chi connectivity index (χ2n) is 10.6. The number of carbonyl (C=O) groups excluding carboxylic acids is 1. The fourth-order valence-electron chi connectivity index (χ4n) is 5.20. The molecule has 2 aliphatic heterocycles. The van der Waals surface area contributed by atoms with Crippen LogP contribution in [0.1, 0.15) is 23.2 Å². The molecule has 2 aromatic heterocycles. The Balaban J connectivity index is 1.19. The van der Waals surface area contributed by atoms with E-state index in [-0.39, 0.29) is 16.4 Å². The number of amides is 1. The topological polar surface area (TPSA) is 93.9 Å². The molecule has 1 saturated heterocycles. The quantitative estimate of drug-likeness (QED) is 0.136. The highest BCUT2D eigenvalue weighted by molar-refractivity contribution is 8.15. The monoisotopic (exact) mass is 650 g/mol. The van der Waals surface area contributed by atoms with Gasteiger partial charge in [0.2, 0.25) is 5.91 Å². The number of rotatable bonds is 12. The van der Waals surface area contributed by atoms with Crippen LogP contribution < -0.4 is 15.5 Å². The molecule has 0 bridgehead atoms. The van der Waals surface area contributed by atoms with Gasteiger partial charge in [-0.15, -0.1) is 21.8 Å². The molecule has 0 spiro atoms. The lowest BCUT2D eigenvalue weighted by atomic mass is 10.2. The first-order chi connectivity index (χ1) is 21.6. The average molecular weight is 651 g/mol. The predicted octanol–water partition coefficient (Wildman–Crippen LogP) is 4.68. The van der Waals surface area contributed by atoms with Crippen molar-refractivity contribution in [3.05, 3.63) is 93.1 Å². The standard InChI is InChI=1S/C32H35ClN6O3S2/c33-28-17-25(7-8-29(28)42-19-26-20-43-23-36-26)37-31-27-9-16-44(21-30(40)34-10-4-11-38-12-14-41-15-13-38)32(27)39(22-35-31)18-24-5-2-1-3-6-24/h1-3,5-8,16-17,20,22-23H,4,9-15,18-19,21H2,(H,34,40). The van der Waals surface area contributed by atoms with Gasteiger partial charge in [0, 0.05) is 43.5 Å². The Bertz CT molecular complexity index is 1670. The van der Waals surface area contributed by atoms with Gasteiger partial charge in [-0.3, -0.25) is 9.69 Å². The van der Waals surface area contributed by atoms with E-state index in [1.165, 1.54) is 16.9 Å². The first kappa shape index (κ1) is 30.7. The zero-order chi connectivity index (χ0) is 30.1. The molecular weight excluding hydrogens is 616 g/mol. The van der Waals surface area contributed by atoms with Crippen molar-refractivity contribution in [2.24, 2.45) is 4.99 Å². The van der Waals surface area contributed by atoms with Crippen molar-refractivity contribution in [2.45, 2.75) is 31.0 Å². The van der Waals surface area contributed by atoms with Gasteiger partial charge in [0.25, 0.3) is 0 Å². The highest BCUT2D eigenvalue weighted by Gasteiger charge is 2.22. The summed E-state index contributed by atoms with van der Waals surface area (Å²) < 4.78 is 13.4. The molecule has 1 amide bonds. The summed E-state index contributed by atoms with van der Waals surface area (Å²) in [5.41, 5.74) is 6.20. The predicted molar refractivity (Wildman–Crippen MR) is 176 cm³/mol. The van der Waals surface area contributed by atoms with Crippen LogP contribution in [0.3, 0.4) is 0 Å². The van der Waals surface area contributed by atoms with Gasteiger partial charge < -0.3 is 19.4 Å². The van der Waals surface area contributed by atoms with Crippen molar-refractivity contribution in [1.82, 2.24) is 24.8 Å². The number of nitrogens with zero attached hydrogens (tertiary/aromatic N) is 5.